The lowest BCUT2D eigenvalue weighted by Gasteiger charge is -2.22. The van der Waals surface area contributed by atoms with Crippen LogP contribution in [0, 0.1) is 11.7 Å². The molecule has 1 saturated carbocycles. The van der Waals surface area contributed by atoms with Crippen molar-refractivity contribution in [3.05, 3.63) is 29.0 Å². The van der Waals surface area contributed by atoms with Crippen LogP contribution in [0.25, 0.3) is 0 Å². The summed E-state index contributed by atoms with van der Waals surface area (Å²) in [6, 6.07) is 4.86. The van der Waals surface area contributed by atoms with Gasteiger partial charge in [0.05, 0.1) is 16.8 Å². The molecule has 1 saturated heterocycles. The van der Waals surface area contributed by atoms with Gasteiger partial charge in [-0.1, -0.05) is 17.7 Å². The molecule has 5 heteroatoms. The second-order valence-electron chi connectivity index (χ2n) is 5.01. The number of fused-ring (bicyclic) bond motifs is 2. The van der Waals surface area contributed by atoms with Gasteiger partial charge in [0, 0.05) is 6.04 Å². The van der Waals surface area contributed by atoms with Crippen molar-refractivity contribution in [1.29, 1.82) is 0 Å². The summed E-state index contributed by atoms with van der Waals surface area (Å²) in [5.74, 6) is -0.351. The Bertz CT molecular complexity index is 494. The van der Waals surface area contributed by atoms with E-state index in [0.717, 1.165) is 19.3 Å². The van der Waals surface area contributed by atoms with Gasteiger partial charge in [0.1, 0.15) is 0 Å². The van der Waals surface area contributed by atoms with E-state index in [4.69, 9.17) is 11.6 Å². The summed E-state index contributed by atoms with van der Waals surface area (Å²) in [7, 11) is 0. The van der Waals surface area contributed by atoms with Crippen LogP contribution in [0.3, 0.4) is 0 Å². The summed E-state index contributed by atoms with van der Waals surface area (Å²) in [6.45, 7) is 0. The van der Waals surface area contributed by atoms with Crippen molar-refractivity contribution in [3.63, 3.8) is 0 Å². The summed E-state index contributed by atoms with van der Waals surface area (Å²) in [5.41, 5.74) is 0.150. The fraction of sp³-hybridized carbons (Fsp3) is 0.462. The Kier molecular flexibility index (Phi) is 2.99. The Morgan fingerprint density at radius 1 is 1.44 bits per heavy atom. The van der Waals surface area contributed by atoms with Gasteiger partial charge in [-0.3, -0.25) is 4.79 Å². The normalized spacial score (nSPS) is 29.6. The van der Waals surface area contributed by atoms with Crippen LogP contribution < -0.4 is 10.6 Å². The van der Waals surface area contributed by atoms with Crippen molar-refractivity contribution in [1.82, 2.24) is 5.32 Å². The molecular weight excluding hydrogens is 255 g/mol. The highest BCUT2D eigenvalue weighted by Gasteiger charge is 2.42. The number of benzene rings is 1. The molecule has 0 aromatic heterocycles. The third kappa shape index (κ3) is 1.99. The molecule has 2 bridgehead atoms. The number of piperidine rings is 1. The first-order chi connectivity index (χ1) is 8.65. The predicted octanol–water partition coefficient (Wildman–Crippen LogP) is 2.56. The van der Waals surface area contributed by atoms with E-state index in [9.17, 15) is 9.18 Å². The number of hydrogen-bond donors (Lipinski definition) is 2. The first kappa shape index (κ1) is 11.9. The van der Waals surface area contributed by atoms with E-state index < -0.39 is 5.82 Å². The fourth-order valence-corrected chi connectivity index (χ4v) is 3.14. The zero-order chi connectivity index (χ0) is 12.7. The minimum atomic E-state index is -0.573. The maximum absolute atomic E-state index is 13.7. The zero-order valence-corrected chi connectivity index (χ0v) is 10.5. The maximum atomic E-state index is 13.7. The summed E-state index contributed by atoms with van der Waals surface area (Å²) < 4.78 is 13.7. The molecule has 1 aliphatic heterocycles. The second kappa shape index (κ2) is 4.52. The Morgan fingerprint density at radius 2 is 2.28 bits per heavy atom. The lowest BCUT2D eigenvalue weighted by molar-refractivity contribution is -0.119. The van der Waals surface area contributed by atoms with E-state index in [0.29, 0.717) is 12.0 Å². The predicted molar refractivity (Wildman–Crippen MR) is 68.1 cm³/mol. The number of halogens is 2. The molecule has 3 nitrogen and oxygen atoms in total. The summed E-state index contributed by atoms with van der Waals surface area (Å²) in [4.78, 5) is 12.1. The molecule has 96 valence electrons. The summed E-state index contributed by atoms with van der Waals surface area (Å²) >= 11 is 5.68. The topological polar surface area (TPSA) is 41.1 Å². The van der Waals surface area contributed by atoms with Gasteiger partial charge < -0.3 is 10.6 Å². The number of anilines is 1. The van der Waals surface area contributed by atoms with Crippen molar-refractivity contribution in [2.24, 2.45) is 5.92 Å². The smallest absolute Gasteiger partial charge is 0.241 e. The zero-order valence-electron chi connectivity index (χ0n) is 9.75. The van der Waals surface area contributed by atoms with Crippen LogP contribution in [-0.2, 0) is 4.79 Å². The Labute approximate surface area is 110 Å². The second-order valence-corrected chi connectivity index (χ2v) is 5.41. The SMILES string of the molecule is O=C(Nc1cccc(Cl)c1F)C1NC2CCC1C2. The Hall–Kier alpha value is -1.13. The molecule has 1 aromatic carbocycles. The van der Waals surface area contributed by atoms with Crippen molar-refractivity contribution in [3.8, 4) is 0 Å². The summed E-state index contributed by atoms with van der Waals surface area (Å²) in [6.07, 6.45) is 3.27. The molecule has 2 N–H and O–H groups in total. The van der Waals surface area contributed by atoms with Crippen LogP contribution in [0.1, 0.15) is 19.3 Å². The van der Waals surface area contributed by atoms with Gasteiger partial charge in [-0.15, -0.1) is 0 Å². The molecule has 0 radical (unpaired) electrons. The lowest BCUT2D eigenvalue weighted by Crippen LogP contribution is -2.44. The number of hydrogen-bond acceptors (Lipinski definition) is 2. The number of carbonyl (C=O) groups excluding carboxylic acids is 1. The van der Waals surface area contributed by atoms with E-state index in [1.807, 2.05) is 0 Å². The number of carbonyl (C=O) groups is 1. The Balaban J connectivity index is 1.73. The van der Waals surface area contributed by atoms with Crippen molar-refractivity contribution in [2.75, 3.05) is 5.32 Å². The van der Waals surface area contributed by atoms with E-state index in [-0.39, 0.29) is 22.7 Å². The quantitative estimate of drug-likeness (QED) is 0.866. The van der Waals surface area contributed by atoms with Crippen LogP contribution in [0.15, 0.2) is 18.2 Å². The monoisotopic (exact) mass is 268 g/mol. The molecule has 2 fully saturated rings. The molecule has 0 spiro atoms. The minimum Gasteiger partial charge on any atom is -0.322 e. The molecular formula is C13H14ClFN2O. The van der Waals surface area contributed by atoms with Crippen LogP contribution in [0.2, 0.25) is 5.02 Å². The molecule has 1 amide bonds. The van der Waals surface area contributed by atoms with Crippen LogP contribution in [0.5, 0.6) is 0 Å². The van der Waals surface area contributed by atoms with Gasteiger partial charge in [-0.2, -0.15) is 0 Å². The molecule has 1 aromatic rings. The fourth-order valence-electron chi connectivity index (χ4n) is 2.96. The average Bonchev–Trinajstić information content (AvgIpc) is 2.97. The molecule has 3 rings (SSSR count). The molecule has 1 heterocycles. The molecule has 2 aliphatic rings. The molecule has 18 heavy (non-hydrogen) atoms. The van der Waals surface area contributed by atoms with E-state index in [2.05, 4.69) is 10.6 Å². The van der Waals surface area contributed by atoms with Crippen LogP contribution >= 0.6 is 11.6 Å². The highest BCUT2D eigenvalue weighted by molar-refractivity contribution is 6.31. The minimum absolute atomic E-state index is 0.0219. The summed E-state index contributed by atoms with van der Waals surface area (Å²) in [5, 5.41) is 5.92. The Morgan fingerprint density at radius 3 is 2.94 bits per heavy atom. The van der Waals surface area contributed by atoms with Crippen molar-refractivity contribution >= 4 is 23.2 Å². The van der Waals surface area contributed by atoms with Gasteiger partial charge in [0.15, 0.2) is 5.82 Å². The number of amides is 1. The van der Waals surface area contributed by atoms with E-state index in [1.54, 1.807) is 6.07 Å². The van der Waals surface area contributed by atoms with Crippen molar-refractivity contribution < 1.29 is 9.18 Å². The third-order valence-corrected chi connectivity index (χ3v) is 4.14. The van der Waals surface area contributed by atoms with E-state index in [1.165, 1.54) is 12.1 Å². The van der Waals surface area contributed by atoms with Crippen LogP contribution in [-0.4, -0.2) is 18.0 Å². The van der Waals surface area contributed by atoms with Gasteiger partial charge in [-0.05, 0) is 37.3 Å². The maximum Gasteiger partial charge on any atom is 0.241 e. The molecule has 3 atom stereocenters. The standard InChI is InChI=1S/C13H14ClFN2O/c14-9-2-1-3-10(11(9)15)17-13(18)12-7-4-5-8(6-7)16-12/h1-3,7-8,12,16H,4-6H2,(H,17,18). The van der Waals surface area contributed by atoms with Crippen molar-refractivity contribution in [2.45, 2.75) is 31.3 Å². The average molecular weight is 269 g/mol. The van der Waals surface area contributed by atoms with Gasteiger partial charge >= 0.3 is 0 Å². The van der Waals surface area contributed by atoms with E-state index >= 15 is 0 Å². The molecule has 3 unspecified atom stereocenters. The van der Waals surface area contributed by atoms with Gasteiger partial charge in [0.25, 0.3) is 0 Å². The number of rotatable bonds is 2. The first-order valence-corrected chi connectivity index (χ1v) is 6.54. The highest BCUT2D eigenvalue weighted by atomic mass is 35.5. The molecule has 1 aliphatic carbocycles. The lowest BCUT2D eigenvalue weighted by atomic mass is 9.99. The third-order valence-electron chi connectivity index (χ3n) is 3.85. The van der Waals surface area contributed by atoms with Crippen LogP contribution in [0.4, 0.5) is 10.1 Å². The van der Waals surface area contributed by atoms with Gasteiger partial charge in [0.2, 0.25) is 5.91 Å². The highest BCUT2D eigenvalue weighted by Crippen LogP contribution is 2.35. The largest absolute Gasteiger partial charge is 0.322 e. The number of nitrogens with one attached hydrogen (secondary N) is 2. The first-order valence-electron chi connectivity index (χ1n) is 6.16. The van der Waals surface area contributed by atoms with Gasteiger partial charge in [-0.25, -0.2) is 4.39 Å².